The van der Waals surface area contributed by atoms with Gasteiger partial charge in [-0.1, -0.05) is 13.8 Å². The van der Waals surface area contributed by atoms with Crippen molar-refractivity contribution >= 4 is 19.5 Å². The highest BCUT2D eigenvalue weighted by atomic mass is 31.2. The summed E-state index contributed by atoms with van der Waals surface area (Å²) in [5, 5.41) is 0. The van der Waals surface area contributed by atoms with Crippen molar-refractivity contribution in [3.8, 4) is 0 Å². The summed E-state index contributed by atoms with van der Waals surface area (Å²) in [5.74, 6) is -0.880. The second kappa shape index (κ2) is 9.91. The lowest BCUT2D eigenvalue weighted by Crippen LogP contribution is -2.26. The fourth-order valence-corrected chi connectivity index (χ4v) is 2.02. The normalized spacial score (nSPS) is 12.8. The van der Waals surface area contributed by atoms with Crippen LogP contribution in [0, 0.1) is 0 Å². The lowest BCUT2D eigenvalue weighted by atomic mass is 10.3. The minimum Gasteiger partial charge on any atom is -0.462 e. The molecule has 0 heterocycles. The molecule has 0 aromatic carbocycles. The fourth-order valence-electron chi connectivity index (χ4n) is 1.40. The molecular weight excluding hydrogens is 287 g/mol. The number of rotatable bonds is 10. The van der Waals surface area contributed by atoms with Gasteiger partial charge in [0.2, 0.25) is 0 Å². The summed E-state index contributed by atoms with van der Waals surface area (Å²) in [6.45, 7) is 3.47. The van der Waals surface area contributed by atoms with Gasteiger partial charge in [0.25, 0.3) is 0 Å². The van der Waals surface area contributed by atoms with Gasteiger partial charge < -0.3 is 19.3 Å². The molecule has 0 aliphatic carbocycles. The zero-order valence-corrected chi connectivity index (χ0v) is 12.8. The van der Waals surface area contributed by atoms with Gasteiger partial charge >= 0.3 is 19.5 Å². The summed E-state index contributed by atoms with van der Waals surface area (Å²) in [4.78, 5) is 40.3. The molecule has 8 heteroatoms. The van der Waals surface area contributed by atoms with Crippen LogP contribution in [0.25, 0.3) is 0 Å². The highest BCUT2D eigenvalue weighted by molar-refractivity contribution is 7.51. The monoisotopic (exact) mass is 310 g/mol. The first kappa shape index (κ1) is 19.1. The molecule has 0 aliphatic rings. The largest absolute Gasteiger partial charge is 0.462 e. The van der Waals surface area contributed by atoms with Crippen molar-refractivity contribution in [1.29, 1.82) is 0 Å². The van der Waals surface area contributed by atoms with E-state index in [1.807, 2.05) is 13.8 Å². The molecule has 0 bridgehead atoms. The van der Waals surface area contributed by atoms with E-state index in [0.717, 1.165) is 0 Å². The summed E-state index contributed by atoms with van der Waals surface area (Å²) in [5.41, 5.74) is 0. The van der Waals surface area contributed by atoms with Crippen LogP contribution >= 0.6 is 7.60 Å². The molecule has 0 spiro atoms. The second-order valence-corrected chi connectivity index (χ2v) is 6.25. The van der Waals surface area contributed by atoms with Crippen LogP contribution in [0.15, 0.2) is 0 Å². The first-order chi connectivity index (χ1) is 9.28. The molecule has 1 unspecified atom stereocenters. The zero-order chi connectivity index (χ0) is 15.6. The Morgan fingerprint density at radius 3 is 2.15 bits per heavy atom. The molecule has 20 heavy (non-hydrogen) atoms. The number of esters is 2. The average molecular weight is 310 g/mol. The molecule has 0 rings (SSSR count). The van der Waals surface area contributed by atoms with E-state index in [4.69, 9.17) is 19.3 Å². The number of carbonyl (C=O) groups excluding carboxylic acids is 2. The summed E-state index contributed by atoms with van der Waals surface area (Å²) in [6, 6.07) is 0. The minimum atomic E-state index is -4.17. The van der Waals surface area contributed by atoms with Crippen LogP contribution in [0.2, 0.25) is 0 Å². The Bertz CT molecular complexity index is 350. The van der Waals surface area contributed by atoms with Crippen LogP contribution < -0.4 is 0 Å². The molecule has 0 radical (unpaired) electrons. The van der Waals surface area contributed by atoms with Crippen LogP contribution in [0.5, 0.6) is 0 Å². The Morgan fingerprint density at radius 1 is 1.10 bits per heavy atom. The molecule has 0 aliphatic heterocycles. The van der Waals surface area contributed by atoms with Crippen molar-refractivity contribution in [3.05, 3.63) is 0 Å². The second-order valence-electron chi connectivity index (χ2n) is 4.47. The molecular formula is C12H23O7P. The van der Waals surface area contributed by atoms with Crippen molar-refractivity contribution in [2.75, 3.05) is 12.8 Å². The van der Waals surface area contributed by atoms with Gasteiger partial charge in [-0.2, -0.15) is 0 Å². The van der Waals surface area contributed by atoms with E-state index >= 15 is 0 Å². The molecule has 118 valence electrons. The third-order valence-electron chi connectivity index (χ3n) is 2.38. The smallest absolute Gasteiger partial charge is 0.325 e. The van der Waals surface area contributed by atoms with Crippen LogP contribution in [0.4, 0.5) is 0 Å². The SMILES string of the molecule is CCCC(=O)OCC(CCP(=O)(O)O)OC(=O)CCC. The summed E-state index contributed by atoms with van der Waals surface area (Å²) >= 11 is 0. The van der Waals surface area contributed by atoms with Crippen LogP contribution in [-0.2, 0) is 23.6 Å². The first-order valence-electron chi connectivity index (χ1n) is 6.68. The van der Waals surface area contributed by atoms with Gasteiger partial charge in [-0.15, -0.1) is 0 Å². The highest BCUT2D eigenvalue weighted by Gasteiger charge is 2.21. The maximum Gasteiger partial charge on any atom is 0.325 e. The molecule has 0 amide bonds. The number of hydrogen-bond donors (Lipinski definition) is 2. The third-order valence-corrected chi connectivity index (χ3v) is 3.22. The molecule has 2 N–H and O–H groups in total. The van der Waals surface area contributed by atoms with Gasteiger partial charge in [0.1, 0.15) is 12.7 Å². The van der Waals surface area contributed by atoms with E-state index in [0.29, 0.717) is 12.8 Å². The molecule has 7 nitrogen and oxygen atoms in total. The average Bonchev–Trinajstić information content (AvgIpc) is 2.32. The summed E-state index contributed by atoms with van der Waals surface area (Å²) in [6.07, 6.45) is 0.453. The summed E-state index contributed by atoms with van der Waals surface area (Å²) in [7, 11) is -4.17. The summed E-state index contributed by atoms with van der Waals surface area (Å²) < 4.78 is 20.8. The quantitative estimate of drug-likeness (QED) is 0.466. The first-order valence-corrected chi connectivity index (χ1v) is 8.48. The minimum absolute atomic E-state index is 0.0425. The van der Waals surface area contributed by atoms with E-state index in [2.05, 4.69) is 0 Å². The highest BCUT2D eigenvalue weighted by Crippen LogP contribution is 2.35. The van der Waals surface area contributed by atoms with E-state index in [9.17, 15) is 14.2 Å². The van der Waals surface area contributed by atoms with Crippen LogP contribution in [0.1, 0.15) is 46.0 Å². The fraction of sp³-hybridized carbons (Fsp3) is 0.833. The van der Waals surface area contributed by atoms with Crippen molar-refractivity contribution in [2.45, 2.75) is 52.1 Å². The number of hydrogen-bond acceptors (Lipinski definition) is 5. The van der Waals surface area contributed by atoms with Crippen molar-refractivity contribution in [1.82, 2.24) is 0 Å². The van der Waals surface area contributed by atoms with Crippen molar-refractivity contribution in [2.24, 2.45) is 0 Å². The topological polar surface area (TPSA) is 110 Å². The van der Waals surface area contributed by atoms with Crippen LogP contribution in [0.3, 0.4) is 0 Å². The van der Waals surface area contributed by atoms with Crippen LogP contribution in [-0.4, -0.2) is 40.6 Å². The Morgan fingerprint density at radius 2 is 1.65 bits per heavy atom. The Balaban J connectivity index is 4.34. The van der Waals surface area contributed by atoms with Gasteiger partial charge in [-0.3, -0.25) is 14.2 Å². The predicted octanol–water partition coefficient (Wildman–Crippen LogP) is 1.61. The third kappa shape index (κ3) is 11.0. The lowest BCUT2D eigenvalue weighted by molar-refractivity contribution is -0.159. The number of carbonyl (C=O) groups is 2. The van der Waals surface area contributed by atoms with Gasteiger partial charge in [-0.05, 0) is 19.3 Å². The lowest BCUT2D eigenvalue weighted by Gasteiger charge is -2.18. The maximum absolute atomic E-state index is 11.4. The predicted molar refractivity (Wildman–Crippen MR) is 72.2 cm³/mol. The van der Waals surface area contributed by atoms with Gasteiger partial charge in [0.15, 0.2) is 0 Å². The number of ether oxygens (including phenoxy) is 2. The van der Waals surface area contributed by atoms with Gasteiger partial charge in [0.05, 0.1) is 6.16 Å². The molecule has 0 aromatic rings. The molecule has 0 saturated carbocycles. The van der Waals surface area contributed by atoms with E-state index in [1.54, 1.807) is 0 Å². The maximum atomic E-state index is 11.4. The molecule has 1 atom stereocenters. The standard InChI is InChI=1S/C12H23O7P/c1-3-5-11(13)18-9-10(7-8-20(15,16)17)19-12(14)6-4-2/h10H,3-9H2,1-2H3,(H2,15,16,17). The van der Waals surface area contributed by atoms with E-state index in [-0.39, 0.29) is 25.9 Å². The van der Waals surface area contributed by atoms with Gasteiger partial charge in [0, 0.05) is 12.8 Å². The van der Waals surface area contributed by atoms with Crippen molar-refractivity contribution in [3.63, 3.8) is 0 Å². The Labute approximate surface area is 118 Å². The van der Waals surface area contributed by atoms with Crippen molar-refractivity contribution < 1.29 is 33.4 Å². The van der Waals surface area contributed by atoms with E-state index < -0.39 is 31.8 Å². The van der Waals surface area contributed by atoms with Gasteiger partial charge in [-0.25, -0.2) is 0 Å². The Kier molecular flexibility index (Phi) is 9.46. The molecule has 0 saturated heterocycles. The van der Waals surface area contributed by atoms with E-state index in [1.165, 1.54) is 0 Å². The zero-order valence-electron chi connectivity index (χ0n) is 11.9. The Hall–Kier alpha value is -0.910. The molecule has 0 aromatic heterocycles. The molecule has 0 fully saturated rings.